The van der Waals surface area contributed by atoms with Crippen molar-refractivity contribution in [2.75, 3.05) is 12.8 Å². The molecule has 7 nitrogen and oxygen atoms in total. The molecule has 0 saturated heterocycles. The average Bonchev–Trinajstić information content (AvgIpc) is 3.38. The predicted molar refractivity (Wildman–Crippen MR) is 101 cm³/mol. The highest BCUT2D eigenvalue weighted by atomic mass is 32.2. The summed E-state index contributed by atoms with van der Waals surface area (Å²) >= 11 is 0. The van der Waals surface area contributed by atoms with Gasteiger partial charge in [-0.1, -0.05) is 12.1 Å². The van der Waals surface area contributed by atoms with E-state index in [1.807, 2.05) is 0 Å². The molecule has 148 valence electrons. The van der Waals surface area contributed by atoms with Crippen LogP contribution < -0.4 is 5.32 Å². The Morgan fingerprint density at radius 3 is 2.46 bits per heavy atom. The van der Waals surface area contributed by atoms with Crippen LogP contribution >= 0.6 is 0 Å². The number of hydrogen-bond donors (Lipinski definition) is 2. The molecule has 2 heterocycles. The maximum absolute atomic E-state index is 12.3. The SMILES string of the molecule is CS(=O)(=O)c1ccc(CCC(=O)NC[C@@](O)(c2ccoc2)c2ccco2)cc1. The first kappa shape index (κ1) is 19.9. The third kappa shape index (κ3) is 4.52. The second-order valence-corrected chi connectivity index (χ2v) is 8.56. The third-order valence-corrected chi connectivity index (χ3v) is 5.59. The number of sulfone groups is 1. The molecular weight excluding hydrogens is 382 g/mol. The number of benzene rings is 1. The van der Waals surface area contributed by atoms with Gasteiger partial charge in [0.15, 0.2) is 15.4 Å². The minimum Gasteiger partial charge on any atom is -0.472 e. The highest BCUT2D eigenvalue weighted by molar-refractivity contribution is 7.90. The van der Waals surface area contributed by atoms with Gasteiger partial charge in [0.05, 0.1) is 30.2 Å². The lowest BCUT2D eigenvalue weighted by atomic mass is 9.93. The molecule has 0 unspecified atom stereocenters. The summed E-state index contributed by atoms with van der Waals surface area (Å²) < 4.78 is 33.3. The quantitative estimate of drug-likeness (QED) is 0.597. The van der Waals surface area contributed by atoms with E-state index in [-0.39, 0.29) is 23.8 Å². The van der Waals surface area contributed by atoms with Crippen LogP contribution in [0.25, 0.3) is 0 Å². The van der Waals surface area contributed by atoms with Crippen molar-refractivity contribution >= 4 is 15.7 Å². The van der Waals surface area contributed by atoms with Crippen molar-refractivity contribution in [3.05, 3.63) is 78.1 Å². The lowest BCUT2D eigenvalue weighted by Crippen LogP contribution is -2.41. The van der Waals surface area contributed by atoms with Crippen LogP contribution in [0.2, 0.25) is 0 Å². The Morgan fingerprint density at radius 1 is 1.14 bits per heavy atom. The molecule has 1 atom stereocenters. The first-order chi connectivity index (χ1) is 13.3. The van der Waals surface area contributed by atoms with Crippen molar-refractivity contribution in [1.82, 2.24) is 5.32 Å². The van der Waals surface area contributed by atoms with Crippen molar-refractivity contribution in [3.8, 4) is 0 Å². The van der Waals surface area contributed by atoms with Gasteiger partial charge in [-0.25, -0.2) is 8.42 Å². The predicted octanol–water partition coefficient (Wildman–Crippen LogP) is 2.26. The Kier molecular flexibility index (Phi) is 5.71. The lowest BCUT2D eigenvalue weighted by molar-refractivity contribution is -0.122. The van der Waals surface area contributed by atoms with Crippen molar-refractivity contribution in [2.24, 2.45) is 0 Å². The standard InChI is InChI=1S/C20H21NO6S/c1-28(24,25)17-7-4-15(5-8-17)6-9-19(22)21-14-20(23,16-10-12-26-13-16)18-3-2-11-27-18/h2-5,7-8,10-13,23H,6,9,14H2,1H3,(H,21,22)/t20-/m1/s1. The number of furan rings is 2. The van der Waals surface area contributed by atoms with Gasteiger partial charge < -0.3 is 19.3 Å². The molecule has 28 heavy (non-hydrogen) atoms. The van der Waals surface area contributed by atoms with E-state index in [9.17, 15) is 18.3 Å². The topological polar surface area (TPSA) is 110 Å². The molecule has 0 aliphatic heterocycles. The van der Waals surface area contributed by atoms with Crippen molar-refractivity contribution in [2.45, 2.75) is 23.3 Å². The minimum atomic E-state index is -3.24. The van der Waals surface area contributed by atoms with Gasteiger partial charge in [0.25, 0.3) is 0 Å². The summed E-state index contributed by atoms with van der Waals surface area (Å²) in [5.74, 6) is 0.0474. The average molecular weight is 403 g/mol. The van der Waals surface area contributed by atoms with Gasteiger partial charge in [0.2, 0.25) is 5.91 Å². The lowest BCUT2D eigenvalue weighted by Gasteiger charge is -2.25. The second kappa shape index (κ2) is 8.04. The Labute approximate surface area is 162 Å². The second-order valence-electron chi connectivity index (χ2n) is 6.54. The number of nitrogens with one attached hydrogen (secondary N) is 1. The van der Waals surface area contributed by atoms with Gasteiger partial charge in [0.1, 0.15) is 5.76 Å². The molecule has 8 heteroatoms. The zero-order valence-corrected chi connectivity index (χ0v) is 16.1. The number of aliphatic hydroxyl groups is 1. The van der Waals surface area contributed by atoms with E-state index in [1.54, 1.807) is 30.3 Å². The molecular formula is C20H21NO6S. The van der Waals surface area contributed by atoms with Crippen LogP contribution in [0.5, 0.6) is 0 Å². The van der Waals surface area contributed by atoms with Crippen LogP contribution in [0.4, 0.5) is 0 Å². The summed E-state index contributed by atoms with van der Waals surface area (Å²) in [4.78, 5) is 12.5. The van der Waals surface area contributed by atoms with E-state index in [1.165, 1.54) is 30.9 Å². The summed E-state index contributed by atoms with van der Waals surface area (Å²) in [5.41, 5.74) is -0.221. The van der Waals surface area contributed by atoms with Crippen LogP contribution in [-0.2, 0) is 26.7 Å². The van der Waals surface area contributed by atoms with Gasteiger partial charge in [-0.15, -0.1) is 0 Å². The number of rotatable bonds is 8. The number of aryl methyl sites for hydroxylation is 1. The fraction of sp³-hybridized carbons (Fsp3) is 0.250. The van der Waals surface area contributed by atoms with E-state index in [4.69, 9.17) is 8.83 Å². The third-order valence-electron chi connectivity index (χ3n) is 4.46. The summed E-state index contributed by atoms with van der Waals surface area (Å²) in [6.07, 6.45) is 6.07. The van der Waals surface area contributed by atoms with Gasteiger partial charge in [-0.3, -0.25) is 4.79 Å². The van der Waals surface area contributed by atoms with Crippen molar-refractivity contribution in [3.63, 3.8) is 0 Å². The first-order valence-corrected chi connectivity index (χ1v) is 10.5. The molecule has 0 spiro atoms. The van der Waals surface area contributed by atoms with Crippen LogP contribution in [0.1, 0.15) is 23.3 Å². The fourth-order valence-corrected chi connectivity index (χ4v) is 3.45. The number of hydrogen-bond acceptors (Lipinski definition) is 6. The minimum absolute atomic E-state index is 0.0775. The maximum Gasteiger partial charge on any atom is 0.220 e. The van der Waals surface area contributed by atoms with Crippen LogP contribution in [0, 0.1) is 0 Å². The van der Waals surface area contributed by atoms with Crippen LogP contribution in [-0.4, -0.2) is 32.2 Å². The fourth-order valence-electron chi connectivity index (χ4n) is 2.82. The van der Waals surface area contributed by atoms with E-state index >= 15 is 0 Å². The molecule has 0 aliphatic carbocycles. The molecule has 0 radical (unpaired) electrons. The highest BCUT2D eigenvalue weighted by Crippen LogP contribution is 2.29. The summed E-state index contributed by atoms with van der Waals surface area (Å²) in [5, 5.41) is 13.8. The first-order valence-electron chi connectivity index (χ1n) is 8.64. The normalized spacial score (nSPS) is 13.8. The number of amides is 1. The van der Waals surface area contributed by atoms with E-state index in [0.29, 0.717) is 17.7 Å². The highest BCUT2D eigenvalue weighted by Gasteiger charge is 2.36. The largest absolute Gasteiger partial charge is 0.472 e. The van der Waals surface area contributed by atoms with Gasteiger partial charge in [-0.05, 0) is 42.3 Å². The molecule has 3 rings (SSSR count). The van der Waals surface area contributed by atoms with Gasteiger partial charge in [-0.2, -0.15) is 0 Å². The van der Waals surface area contributed by atoms with Gasteiger partial charge >= 0.3 is 0 Å². The van der Waals surface area contributed by atoms with E-state index in [2.05, 4.69) is 5.32 Å². The Morgan fingerprint density at radius 2 is 1.89 bits per heavy atom. The summed E-state index contributed by atoms with van der Waals surface area (Å²) in [7, 11) is -3.24. The monoisotopic (exact) mass is 403 g/mol. The molecule has 0 saturated carbocycles. The number of carbonyl (C=O) groups is 1. The Balaban J connectivity index is 1.60. The van der Waals surface area contributed by atoms with E-state index < -0.39 is 15.4 Å². The molecule has 0 bridgehead atoms. The molecule has 2 aromatic heterocycles. The molecule has 3 aromatic rings. The maximum atomic E-state index is 12.3. The molecule has 2 N–H and O–H groups in total. The zero-order valence-electron chi connectivity index (χ0n) is 15.3. The van der Waals surface area contributed by atoms with Crippen molar-refractivity contribution < 1.29 is 27.2 Å². The van der Waals surface area contributed by atoms with Crippen LogP contribution in [0.15, 0.2) is 75.0 Å². The molecule has 0 aliphatic rings. The van der Waals surface area contributed by atoms with Crippen molar-refractivity contribution in [1.29, 1.82) is 0 Å². The van der Waals surface area contributed by atoms with Gasteiger partial charge in [0, 0.05) is 18.2 Å². The molecule has 1 aromatic carbocycles. The smallest absolute Gasteiger partial charge is 0.220 e. The Bertz CT molecular complexity index is 971. The van der Waals surface area contributed by atoms with E-state index in [0.717, 1.165) is 11.8 Å². The zero-order chi connectivity index (χ0) is 20.2. The van der Waals surface area contributed by atoms with Crippen LogP contribution in [0.3, 0.4) is 0 Å². The summed E-state index contributed by atoms with van der Waals surface area (Å²) in [6.45, 7) is -0.0775. The molecule has 0 fully saturated rings. The Hall–Kier alpha value is -2.84. The number of carbonyl (C=O) groups excluding carboxylic acids is 1. The molecule has 1 amide bonds. The summed E-state index contributed by atoms with van der Waals surface area (Å²) in [6, 6.07) is 11.3.